The van der Waals surface area contributed by atoms with Crippen LogP contribution in [-0.4, -0.2) is 40.7 Å². The molecule has 2 heterocycles. The first-order chi connectivity index (χ1) is 7.27. The van der Waals surface area contributed by atoms with E-state index in [9.17, 15) is 0 Å². The summed E-state index contributed by atoms with van der Waals surface area (Å²) in [6.45, 7) is 8.44. The van der Waals surface area contributed by atoms with Crippen molar-refractivity contribution in [1.29, 1.82) is 0 Å². The van der Waals surface area contributed by atoms with E-state index in [0.29, 0.717) is 12.0 Å². The lowest BCUT2D eigenvalue weighted by molar-refractivity contribution is 0.113. The molecule has 2 rings (SSSR count). The van der Waals surface area contributed by atoms with E-state index in [1.807, 2.05) is 0 Å². The molecular weight excluding hydrogens is 192 g/mol. The lowest BCUT2D eigenvalue weighted by atomic mass is 10.0. The summed E-state index contributed by atoms with van der Waals surface area (Å²) in [5.41, 5.74) is 0. The normalized spacial score (nSPS) is 23.5. The molecule has 1 aromatic heterocycles. The smallest absolute Gasteiger partial charge is 0.213 e. The molecule has 5 heteroatoms. The van der Waals surface area contributed by atoms with Crippen LogP contribution >= 0.6 is 0 Å². The van der Waals surface area contributed by atoms with Gasteiger partial charge >= 0.3 is 0 Å². The monoisotopic (exact) mass is 210 g/mol. The third-order valence-electron chi connectivity index (χ3n) is 2.92. The predicted octanol–water partition coefficient (Wildman–Crippen LogP) is 0.499. The molecule has 0 amide bonds. The van der Waals surface area contributed by atoms with E-state index < -0.39 is 0 Å². The minimum absolute atomic E-state index is 0.567. The fraction of sp³-hybridized carbons (Fsp3) is 0.800. The number of aromatic nitrogens is 2. The highest BCUT2D eigenvalue weighted by Gasteiger charge is 2.25. The van der Waals surface area contributed by atoms with Gasteiger partial charge in [0.15, 0.2) is 5.82 Å². The topological polar surface area (TPSA) is 54.2 Å². The summed E-state index contributed by atoms with van der Waals surface area (Å²) < 4.78 is 4.75. The third-order valence-corrected chi connectivity index (χ3v) is 2.92. The van der Waals surface area contributed by atoms with Gasteiger partial charge in [0.25, 0.3) is 0 Å². The molecule has 1 unspecified atom stereocenters. The van der Waals surface area contributed by atoms with Gasteiger partial charge in [-0.25, -0.2) is 0 Å². The first-order valence-electron chi connectivity index (χ1n) is 5.47. The van der Waals surface area contributed by atoms with Crippen LogP contribution in [0.4, 0.5) is 0 Å². The second kappa shape index (κ2) is 4.72. The number of piperazine rings is 1. The molecular formula is C10H18N4O. The molecule has 84 valence electrons. The van der Waals surface area contributed by atoms with Gasteiger partial charge in [-0.15, -0.1) is 0 Å². The Morgan fingerprint density at radius 3 is 3.20 bits per heavy atom. The standard InChI is InChI=1S/C10H18N4O/c1-8(2)9-5-11-3-4-14(9)6-10-12-7-15-13-10/h7-9,11H,3-6H2,1-2H3. The van der Waals surface area contributed by atoms with Crippen LogP contribution in [0, 0.1) is 5.92 Å². The maximum absolute atomic E-state index is 4.75. The zero-order valence-corrected chi connectivity index (χ0v) is 9.31. The minimum atomic E-state index is 0.567. The summed E-state index contributed by atoms with van der Waals surface area (Å²) in [5.74, 6) is 1.42. The van der Waals surface area contributed by atoms with Gasteiger partial charge in [0.2, 0.25) is 6.39 Å². The molecule has 1 N–H and O–H groups in total. The summed E-state index contributed by atoms with van der Waals surface area (Å²) in [5, 5.41) is 7.28. The predicted molar refractivity (Wildman–Crippen MR) is 56.2 cm³/mol. The highest BCUT2D eigenvalue weighted by molar-refractivity contribution is 4.86. The Morgan fingerprint density at radius 1 is 1.67 bits per heavy atom. The number of rotatable bonds is 3. The van der Waals surface area contributed by atoms with E-state index in [0.717, 1.165) is 32.0 Å². The van der Waals surface area contributed by atoms with E-state index in [1.54, 1.807) is 0 Å². The van der Waals surface area contributed by atoms with E-state index in [1.165, 1.54) is 6.39 Å². The molecule has 1 saturated heterocycles. The maximum Gasteiger partial charge on any atom is 0.213 e. The van der Waals surface area contributed by atoms with Gasteiger partial charge in [-0.3, -0.25) is 4.90 Å². The Labute approximate surface area is 89.8 Å². The highest BCUT2D eigenvalue weighted by Crippen LogP contribution is 2.14. The number of hydrogen-bond acceptors (Lipinski definition) is 5. The molecule has 0 radical (unpaired) electrons. The van der Waals surface area contributed by atoms with Gasteiger partial charge in [0, 0.05) is 25.7 Å². The van der Waals surface area contributed by atoms with Crippen molar-refractivity contribution in [2.75, 3.05) is 19.6 Å². The van der Waals surface area contributed by atoms with Crippen LogP contribution in [0.5, 0.6) is 0 Å². The molecule has 1 aliphatic rings. The second-order valence-corrected chi connectivity index (χ2v) is 4.33. The Morgan fingerprint density at radius 2 is 2.53 bits per heavy atom. The van der Waals surface area contributed by atoms with Crippen LogP contribution in [0.1, 0.15) is 19.7 Å². The summed E-state index contributed by atoms with van der Waals surface area (Å²) in [4.78, 5) is 6.49. The molecule has 0 aromatic carbocycles. The highest BCUT2D eigenvalue weighted by atomic mass is 16.5. The molecule has 0 aliphatic carbocycles. The van der Waals surface area contributed by atoms with Crippen molar-refractivity contribution in [2.45, 2.75) is 26.4 Å². The molecule has 0 bridgehead atoms. The summed E-state index contributed by atoms with van der Waals surface area (Å²) in [6.07, 6.45) is 1.39. The van der Waals surface area contributed by atoms with Gasteiger partial charge in [0.05, 0.1) is 6.54 Å². The van der Waals surface area contributed by atoms with Crippen LogP contribution in [0.15, 0.2) is 10.9 Å². The average Bonchev–Trinajstić information content (AvgIpc) is 2.71. The summed E-state index contributed by atoms with van der Waals surface area (Å²) >= 11 is 0. The lowest BCUT2D eigenvalue weighted by Crippen LogP contribution is -2.53. The van der Waals surface area contributed by atoms with Crippen LogP contribution < -0.4 is 5.32 Å². The molecule has 0 saturated carbocycles. The summed E-state index contributed by atoms with van der Waals surface area (Å²) in [6, 6.07) is 0.567. The van der Waals surface area contributed by atoms with Crippen LogP contribution in [0.2, 0.25) is 0 Å². The Bertz CT molecular complexity index is 286. The molecule has 1 aliphatic heterocycles. The van der Waals surface area contributed by atoms with Crippen molar-refractivity contribution >= 4 is 0 Å². The van der Waals surface area contributed by atoms with E-state index in [2.05, 4.69) is 34.2 Å². The molecule has 1 fully saturated rings. The van der Waals surface area contributed by atoms with Crippen LogP contribution in [0.25, 0.3) is 0 Å². The first kappa shape index (κ1) is 10.6. The minimum Gasteiger partial charge on any atom is -0.343 e. The zero-order chi connectivity index (χ0) is 10.7. The van der Waals surface area contributed by atoms with Crippen LogP contribution in [-0.2, 0) is 6.54 Å². The fourth-order valence-corrected chi connectivity index (χ4v) is 2.06. The van der Waals surface area contributed by atoms with E-state index >= 15 is 0 Å². The molecule has 15 heavy (non-hydrogen) atoms. The number of nitrogens with zero attached hydrogens (tertiary/aromatic N) is 3. The van der Waals surface area contributed by atoms with E-state index in [4.69, 9.17) is 4.52 Å². The van der Waals surface area contributed by atoms with Crippen molar-refractivity contribution in [1.82, 2.24) is 20.4 Å². The fourth-order valence-electron chi connectivity index (χ4n) is 2.06. The largest absolute Gasteiger partial charge is 0.343 e. The third kappa shape index (κ3) is 2.54. The van der Waals surface area contributed by atoms with Gasteiger partial charge in [0.1, 0.15) is 0 Å². The molecule has 5 nitrogen and oxygen atoms in total. The maximum atomic E-state index is 4.75. The van der Waals surface area contributed by atoms with Gasteiger partial charge in [-0.05, 0) is 5.92 Å². The average molecular weight is 210 g/mol. The SMILES string of the molecule is CC(C)C1CNCCN1Cc1ncon1. The molecule has 1 aromatic rings. The van der Waals surface area contributed by atoms with Crippen molar-refractivity contribution in [3.63, 3.8) is 0 Å². The van der Waals surface area contributed by atoms with Crippen molar-refractivity contribution < 1.29 is 4.52 Å². The lowest BCUT2D eigenvalue weighted by Gasteiger charge is -2.37. The van der Waals surface area contributed by atoms with E-state index in [-0.39, 0.29) is 0 Å². The Kier molecular flexibility index (Phi) is 3.33. The second-order valence-electron chi connectivity index (χ2n) is 4.33. The first-order valence-corrected chi connectivity index (χ1v) is 5.47. The van der Waals surface area contributed by atoms with Gasteiger partial charge in [-0.2, -0.15) is 4.98 Å². The van der Waals surface area contributed by atoms with Gasteiger partial charge in [-0.1, -0.05) is 19.0 Å². The van der Waals surface area contributed by atoms with Crippen LogP contribution in [0.3, 0.4) is 0 Å². The number of nitrogens with one attached hydrogen (secondary N) is 1. The number of hydrogen-bond donors (Lipinski definition) is 1. The van der Waals surface area contributed by atoms with Crippen molar-refractivity contribution in [3.8, 4) is 0 Å². The Hall–Kier alpha value is -0.940. The van der Waals surface area contributed by atoms with Crippen molar-refractivity contribution in [3.05, 3.63) is 12.2 Å². The quantitative estimate of drug-likeness (QED) is 0.787. The zero-order valence-electron chi connectivity index (χ0n) is 9.31. The summed E-state index contributed by atoms with van der Waals surface area (Å²) in [7, 11) is 0. The molecule has 1 atom stereocenters. The molecule has 0 spiro atoms. The van der Waals surface area contributed by atoms with Crippen molar-refractivity contribution in [2.24, 2.45) is 5.92 Å². The van der Waals surface area contributed by atoms with Gasteiger partial charge < -0.3 is 9.84 Å². The Balaban J connectivity index is 1.99.